The lowest BCUT2D eigenvalue weighted by Crippen LogP contribution is -2.27. The first-order valence-corrected chi connectivity index (χ1v) is 5.82. The summed E-state index contributed by atoms with van der Waals surface area (Å²) in [6.45, 7) is 8.02. The number of halogens is 1. The van der Waals surface area contributed by atoms with E-state index in [0.717, 1.165) is 6.42 Å². The van der Waals surface area contributed by atoms with Gasteiger partial charge in [0.15, 0.2) is 17.5 Å². The molecule has 4 nitrogen and oxygen atoms in total. The fraction of sp³-hybridized carbons (Fsp3) is 0.667. The molecule has 0 amide bonds. The van der Waals surface area contributed by atoms with Gasteiger partial charge in [0.25, 0.3) is 0 Å². The van der Waals surface area contributed by atoms with E-state index in [4.69, 9.17) is 4.74 Å². The average molecular weight is 241 g/mol. The third-order valence-corrected chi connectivity index (χ3v) is 2.96. The van der Waals surface area contributed by atoms with Crippen LogP contribution in [0.25, 0.3) is 0 Å². The van der Waals surface area contributed by atoms with Crippen molar-refractivity contribution >= 4 is 5.82 Å². The molecule has 0 bridgehead atoms. The number of anilines is 1. The van der Waals surface area contributed by atoms with Crippen LogP contribution in [0.2, 0.25) is 0 Å². The zero-order chi connectivity index (χ0) is 13.1. The molecule has 0 saturated carbocycles. The molecule has 0 radical (unpaired) electrons. The summed E-state index contributed by atoms with van der Waals surface area (Å²) in [5, 5.41) is 2.90. The minimum Gasteiger partial charge on any atom is -0.371 e. The molecule has 17 heavy (non-hydrogen) atoms. The second-order valence-corrected chi connectivity index (χ2v) is 4.11. The number of rotatable bonds is 5. The van der Waals surface area contributed by atoms with Crippen molar-refractivity contribution in [1.82, 2.24) is 9.97 Å². The van der Waals surface area contributed by atoms with Crippen molar-refractivity contribution in [3.8, 4) is 0 Å². The molecule has 0 saturated heterocycles. The van der Waals surface area contributed by atoms with E-state index in [1.165, 1.54) is 0 Å². The Bertz CT molecular complexity index is 392. The summed E-state index contributed by atoms with van der Waals surface area (Å²) in [6.07, 6.45) is 0.722. The number of aromatic nitrogens is 2. The summed E-state index contributed by atoms with van der Waals surface area (Å²) in [5.41, 5.74) is -0.245. The Kier molecular flexibility index (Phi) is 4.40. The molecular weight excluding hydrogens is 221 g/mol. The van der Waals surface area contributed by atoms with Crippen molar-refractivity contribution in [1.29, 1.82) is 0 Å². The Labute approximate surface area is 102 Å². The lowest BCUT2D eigenvalue weighted by molar-refractivity contribution is -0.00913. The molecule has 1 unspecified atom stereocenters. The molecule has 1 heterocycles. The van der Waals surface area contributed by atoms with Crippen LogP contribution in [0, 0.1) is 12.7 Å². The van der Waals surface area contributed by atoms with Crippen molar-refractivity contribution < 1.29 is 9.13 Å². The van der Waals surface area contributed by atoms with Crippen molar-refractivity contribution in [2.75, 3.05) is 19.0 Å². The number of nitrogens with zero attached hydrogens (tertiary/aromatic N) is 2. The fourth-order valence-electron chi connectivity index (χ4n) is 1.47. The quantitative estimate of drug-likeness (QED) is 0.860. The Hall–Kier alpha value is -1.23. The Morgan fingerprint density at radius 3 is 2.47 bits per heavy atom. The molecular formula is C12H20FN3O. The predicted molar refractivity (Wildman–Crippen MR) is 65.5 cm³/mol. The first-order valence-electron chi connectivity index (χ1n) is 5.82. The standard InChI is InChI=1S/C12H20FN3O/c1-6-12(4,17-5)11-15-8(3)9(13)10(16-11)14-7-2/h6-7H2,1-5H3,(H,14,15,16). The maximum atomic E-state index is 13.7. The number of hydrogen-bond donors (Lipinski definition) is 1. The van der Waals surface area contributed by atoms with Crippen LogP contribution < -0.4 is 5.32 Å². The van der Waals surface area contributed by atoms with Crippen molar-refractivity contribution in [3.05, 3.63) is 17.3 Å². The van der Waals surface area contributed by atoms with E-state index in [1.54, 1.807) is 14.0 Å². The van der Waals surface area contributed by atoms with Gasteiger partial charge in [-0.25, -0.2) is 14.4 Å². The van der Waals surface area contributed by atoms with E-state index in [2.05, 4.69) is 15.3 Å². The van der Waals surface area contributed by atoms with Gasteiger partial charge < -0.3 is 10.1 Å². The van der Waals surface area contributed by atoms with Gasteiger partial charge in [-0.2, -0.15) is 0 Å². The molecule has 1 atom stereocenters. The van der Waals surface area contributed by atoms with Crippen LogP contribution in [-0.2, 0) is 10.3 Å². The number of methoxy groups -OCH3 is 1. The highest BCUT2D eigenvalue weighted by molar-refractivity contribution is 5.38. The predicted octanol–water partition coefficient (Wildman–Crippen LogP) is 2.63. The highest BCUT2D eigenvalue weighted by Crippen LogP contribution is 2.27. The molecule has 5 heteroatoms. The van der Waals surface area contributed by atoms with E-state index in [1.807, 2.05) is 20.8 Å². The largest absolute Gasteiger partial charge is 0.371 e. The summed E-state index contributed by atoms with van der Waals surface area (Å²) in [6, 6.07) is 0. The van der Waals surface area contributed by atoms with Crippen LogP contribution in [0.15, 0.2) is 0 Å². The summed E-state index contributed by atoms with van der Waals surface area (Å²) < 4.78 is 19.2. The van der Waals surface area contributed by atoms with Crippen molar-refractivity contribution in [2.45, 2.75) is 39.7 Å². The van der Waals surface area contributed by atoms with Gasteiger partial charge in [0.05, 0.1) is 5.69 Å². The third-order valence-electron chi connectivity index (χ3n) is 2.96. The maximum Gasteiger partial charge on any atom is 0.186 e. The van der Waals surface area contributed by atoms with Crippen LogP contribution in [0.5, 0.6) is 0 Å². The highest BCUT2D eigenvalue weighted by atomic mass is 19.1. The van der Waals surface area contributed by atoms with Crippen LogP contribution >= 0.6 is 0 Å². The molecule has 1 N–H and O–H groups in total. The summed E-state index contributed by atoms with van der Waals surface area (Å²) >= 11 is 0. The molecule has 96 valence electrons. The minimum atomic E-state index is -0.581. The molecule has 0 aliphatic carbocycles. The molecule has 1 aromatic rings. The van der Waals surface area contributed by atoms with Gasteiger partial charge in [-0.05, 0) is 27.2 Å². The number of hydrogen-bond acceptors (Lipinski definition) is 4. The number of ether oxygens (including phenoxy) is 1. The molecule has 0 spiro atoms. The summed E-state index contributed by atoms with van der Waals surface area (Å²) in [4.78, 5) is 8.39. The smallest absolute Gasteiger partial charge is 0.186 e. The summed E-state index contributed by atoms with van der Waals surface area (Å²) in [7, 11) is 1.61. The van der Waals surface area contributed by atoms with Crippen LogP contribution in [0.4, 0.5) is 10.2 Å². The lowest BCUT2D eigenvalue weighted by Gasteiger charge is -2.25. The zero-order valence-electron chi connectivity index (χ0n) is 11.1. The normalized spacial score (nSPS) is 14.5. The SMILES string of the molecule is CCNc1nc(C(C)(CC)OC)nc(C)c1F. The second kappa shape index (κ2) is 5.40. The van der Waals surface area contributed by atoms with E-state index in [-0.39, 0.29) is 5.82 Å². The Balaban J connectivity index is 3.26. The summed E-state index contributed by atoms with van der Waals surface area (Å²) in [5.74, 6) is 0.356. The van der Waals surface area contributed by atoms with E-state index in [9.17, 15) is 4.39 Å². The van der Waals surface area contributed by atoms with Crippen LogP contribution in [0.3, 0.4) is 0 Å². The van der Waals surface area contributed by atoms with E-state index >= 15 is 0 Å². The molecule has 0 aliphatic rings. The number of aryl methyl sites for hydroxylation is 1. The van der Waals surface area contributed by atoms with Crippen molar-refractivity contribution in [2.24, 2.45) is 0 Å². The van der Waals surface area contributed by atoms with Gasteiger partial charge in [0, 0.05) is 13.7 Å². The van der Waals surface area contributed by atoms with Crippen LogP contribution in [0.1, 0.15) is 38.7 Å². The Morgan fingerprint density at radius 1 is 1.35 bits per heavy atom. The highest BCUT2D eigenvalue weighted by Gasteiger charge is 2.29. The molecule has 0 aromatic carbocycles. The maximum absolute atomic E-state index is 13.7. The first-order chi connectivity index (χ1) is 7.98. The molecule has 1 rings (SSSR count). The minimum absolute atomic E-state index is 0.242. The van der Waals surface area contributed by atoms with Crippen LogP contribution in [-0.4, -0.2) is 23.6 Å². The van der Waals surface area contributed by atoms with Gasteiger partial charge in [-0.3, -0.25) is 0 Å². The van der Waals surface area contributed by atoms with Crippen molar-refractivity contribution in [3.63, 3.8) is 0 Å². The van der Waals surface area contributed by atoms with Gasteiger partial charge >= 0.3 is 0 Å². The lowest BCUT2D eigenvalue weighted by atomic mass is 10.0. The molecule has 0 fully saturated rings. The molecule has 0 aliphatic heterocycles. The third kappa shape index (κ3) is 2.72. The Morgan fingerprint density at radius 2 is 2.00 bits per heavy atom. The number of nitrogens with one attached hydrogen (secondary N) is 1. The monoisotopic (exact) mass is 241 g/mol. The second-order valence-electron chi connectivity index (χ2n) is 4.11. The van der Waals surface area contributed by atoms with Gasteiger partial charge in [0.2, 0.25) is 0 Å². The van der Waals surface area contributed by atoms with E-state index < -0.39 is 11.4 Å². The van der Waals surface area contributed by atoms with Gasteiger partial charge in [-0.15, -0.1) is 0 Å². The topological polar surface area (TPSA) is 47.0 Å². The fourth-order valence-corrected chi connectivity index (χ4v) is 1.47. The van der Waals surface area contributed by atoms with Gasteiger partial charge in [-0.1, -0.05) is 6.92 Å². The van der Waals surface area contributed by atoms with E-state index in [0.29, 0.717) is 18.1 Å². The average Bonchev–Trinajstić information content (AvgIpc) is 2.34. The molecule has 1 aromatic heterocycles. The first kappa shape index (κ1) is 13.8. The zero-order valence-corrected chi connectivity index (χ0v) is 11.1. The van der Waals surface area contributed by atoms with Gasteiger partial charge in [0.1, 0.15) is 5.60 Å².